The van der Waals surface area contributed by atoms with E-state index in [4.69, 9.17) is 16.3 Å². The summed E-state index contributed by atoms with van der Waals surface area (Å²) in [6.07, 6.45) is 2.09. The second-order valence-electron chi connectivity index (χ2n) is 5.15. The highest BCUT2D eigenvalue weighted by atomic mass is 35.5. The predicted octanol–water partition coefficient (Wildman–Crippen LogP) is 4.08. The molecule has 22 heavy (non-hydrogen) atoms. The molecule has 0 unspecified atom stereocenters. The molecule has 2 aromatic rings. The van der Waals surface area contributed by atoms with Gasteiger partial charge in [0.15, 0.2) is 0 Å². The first kappa shape index (κ1) is 14.7. The molecule has 1 aliphatic heterocycles. The molecule has 0 saturated heterocycles. The van der Waals surface area contributed by atoms with E-state index in [0.717, 1.165) is 33.3 Å². The minimum absolute atomic E-state index is 0.625. The number of hydrogen-bond donors (Lipinski definition) is 0. The summed E-state index contributed by atoms with van der Waals surface area (Å²) >= 11 is 6.08. The predicted molar refractivity (Wildman–Crippen MR) is 91.6 cm³/mol. The quantitative estimate of drug-likeness (QED) is 0.853. The Balaban J connectivity index is 1.96. The zero-order valence-electron chi connectivity index (χ0n) is 12.6. The highest BCUT2D eigenvalue weighted by Crippen LogP contribution is 2.25. The Morgan fingerprint density at radius 3 is 2.55 bits per heavy atom. The van der Waals surface area contributed by atoms with Crippen molar-refractivity contribution in [3.8, 4) is 5.75 Å². The van der Waals surface area contributed by atoms with E-state index in [-0.39, 0.29) is 0 Å². The van der Waals surface area contributed by atoms with Crippen LogP contribution in [0.5, 0.6) is 5.75 Å². The number of nitrogens with zero attached hydrogens (tertiary/aromatic N) is 2. The standard InChI is InChI=1S/C18H17ClN2O/c1-21-12-20-17(14-4-3-5-15(19)10-14)11-18(21)13-6-8-16(22-2)9-7-13/h3-11H,12H2,1-2H3. The third-order valence-corrected chi connectivity index (χ3v) is 3.88. The number of ether oxygens (including phenoxy) is 1. The summed E-state index contributed by atoms with van der Waals surface area (Å²) in [5.74, 6) is 0.853. The smallest absolute Gasteiger partial charge is 0.118 e. The fraction of sp³-hybridized carbons (Fsp3) is 0.167. The fourth-order valence-electron chi connectivity index (χ4n) is 2.43. The van der Waals surface area contributed by atoms with Crippen LogP contribution in [0.25, 0.3) is 5.70 Å². The largest absolute Gasteiger partial charge is 0.497 e. The summed E-state index contributed by atoms with van der Waals surface area (Å²) < 4.78 is 5.22. The Labute approximate surface area is 135 Å². The molecule has 0 atom stereocenters. The van der Waals surface area contributed by atoms with Crippen molar-refractivity contribution in [2.75, 3.05) is 20.8 Å². The van der Waals surface area contributed by atoms with Crippen molar-refractivity contribution in [2.45, 2.75) is 0 Å². The first-order chi connectivity index (χ1) is 10.7. The van der Waals surface area contributed by atoms with Crippen LogP contribution in [0.3, 0.4) is 0 Å². The van der Waals surface area contributed by atoms with Gasteiger partial charge in [0, 0.05) is 23.3 Å². The SMILES string of the molecule is COc1ccc(C2=CC(c3cccc(Cl)c3)=NCN2C)cc1. The van der Waals surface area contributed by atoms with Crippen LogP contribution in [-0.4, -0.2) is 31.4 Å². The molecule has 0 saturated carbocycles. The van der Waals surface area contributed by atoms with Gasteiger partial charge in [0.2, 0.25) is 0 Å². The van der Waals surface area contributed by atoms with Crippen LogP contribution in [0, 0.1) is 0 Å². The number of halogens is 1. The van der Waals surface area contributed by atoms with Crippen LogP contribution < -0.4 is 4.74 Å². The van der Waals surface area contributed by atoms with Gasteiger partial charge >= 0.3 is 0 Å². The molecule has 0 radical (unpaired) electrons. The van der Waals surface area contributed by atoms with E-state index in [1.54, 1.807) is 7.11 Å². The van der Waals surface area contributed by atoms with Crippen LogP contribution in [0.4, 0.5) is 0 Å². The van der Waals surface area contributed by atoms with Crippen molar-refractivity contribution in [1.82, 2.24) is 4.90 Å². The monoisotopic (exact) mass is 312 g/mol. The van der Waals surface area contributed by atoms with E-state index in [1.165, 1.54) is 0 Å². The van der Waals surface area contributed by atoms with E-state index >= 15 is 0 Å². The maximum Gasteiger partial charge on any atom is 0.118 e. The molecule has 0 amide bonds. The first-order valence-corrected chi connectivity index (χ1v) is 7.43. The lowest BCUT2D eigenvalue weighted by atomic mass is 10.0. The third-order valence-electron chi connectivity index (χ3n) is 3.64. The lowest BCUT2D eigenvalue weighted by Gasteiger charge is -2.25. The molecule has 1 aliphatic rings. The number of allylic oxidation sites excluding steroid dienone is 1. The van der Waals surface area contributed by atoms with Crippen molar-refractivity contribution >= 4 is 23.0 Å². The Morgan fingerprint density at radius 2 is 1.86 bits per heavy atom. The maximum absolute atomic E-state index is 6.08. The summed E-state index contributed by atoms with van der Waals surface area (Å²) in [5.41, 5.74) is 4.25. The Bertz CT molecular complexity index is 735. The van der Waals surface area contributed by atoms with Crippen LogP contribution in [-0.2, 0) is 0 Å². The van der Waals surface area contributed by atoms with Crippen LogP contribution in [0.1, 0.15) is 11.1 Å². The lowest BCUT2D eigenvalue weighted by Crippen LogP contribution is -2.23. The molecule has 3 nitrogen and oxygen atoms in total. The Hall–Kier alpha value is -2.26. The van der Waals surface area contributed by atoms with Gasteiger partial charge in [-0.25, -0.2) is 0 Å². The highest BCUT2D eigenvalue weighted by Gasteiger charge is 2.15. The molecule has 0 N–H and O–H groups in total. The summed E-state index contributed by atoms with van der Waals surface area (Å²) in [5, 5.41) is 0.721. The van der Waals surface area contributed by atoms with E-state index < -0.39 is 0 Å². The van der Waals surface area contributed by atoms with Gasteiger partial charge in [-0.1, -0.05) is 23.7 Å². The van der Waals surface area contributed by atoms with Crippen LogP contribution >= 0.6 is 11.6 Å². The van der Waals surface area contributed by atoms with E-state index in [1.807, 2.05) is 43.4 Å². The minimum atomic E-state index is 0.625. The van der Waals surface area contributed by atoms with E-state index in [9.17, 15) is 0 Å². The summed E-state index contributed by atoms with van der Waals surface area (Å²) in [7, 11) is 3.71. The highest BCUT2D eigenvalue weighted by molar-refractivity contribution is 6.31. The van der Waals surface area contributed by atoms with Gasteiger partial charge in [0.1, 0.15) is 12.4 Å². The Morgan fingerprint density at radius 1 is 1.09 bits per heavy atom. The fourth-order valence-corrected chi connectivity index (χ4v) is 2.62. The number of methoxy groups -OCH3 is 1. The minimum Gasteiger partial charge on any atom is -0.497 e. The molecule has 112 valence electrons. The van der Waals surface area contributed by atoms with Crippen molar-refractivity contribution in [1.29, 1.82) is 0 Å². The number of rotatable bonds is 3. The maximum atomic E-state index is 6.08. The molecule has 4 heteroatoms. The molecule has 2 aromatic carbocycles. The second-order valence-corrected chi connectivity index (χ2v) is 5.59. The molecule has 0 spiro atoms. The van der Waals surface area contributed by atoms with Gasteiger partial charge in [-0.2, -0.15) is 0 Å². The van der Waals surface area contributed by atoms with Crippen molar-refractivity contribution in [2.24, 2.45) is 4.99 Å². The van der Waals surface area contributed by atoms with Gasteiger partial charge in [0.05, 0.1) is 12.8 Å². The Kier molecular flexibility index (Phi) is 4.16. The average molecular weight is 313 g/mol. The van der Waals surface area contributed by atoms with Crippen LogP contribution in [0.2, 0.25) is 5.02 Å². The first-order valence-electron chi connectivity index (χ1n) is 7.05. The van der Waals surface area contributed by atoms with Gasteiger partial charge in [-0.05, 0) is 48.0 Å². The van der Waals surface area contributed by atoms with Crippen molar-refractivity contribution in [3.05, 3.63) is 70.8 Å². The molecule has 3 rings (SSSR count). The molecular formula is C18H17ClN2O. The van der Waals surface area contributed by atoms with E-state index in [2.05, 4.69) is 28.1 Å². The molecule has 1 heterocycles. The summed E-state index contributed by atoms with van der Waals surface area (Å²) in [4.78, 5) is 6.74. The van der Waals surface area contributed by atoms with Crippen molar-refractivity contribution < 1.29 is 4.74 Å². The number of aliphatic imine (C=N–C) groups is 1. The topological polar surface area (TPSA) is 24.8 Å². The van der Waals surface area contributed by atoms with Gasteiger partial charge in [0.25, 0.3) is 0 Å². The third kappa shape index (κ3) is 3.00. The van der Waals surface area contributed by atoms with Gasteiger partial charge in [-0.15, -0.1) is 0 Å². The number of benzene rings is 2. The summed E-state index contributed by atoms with van der Waals surface area (Å²) in [6.45, 7) is 0.625. The van der Waals surface area contributed by atoms with Gasteiger partial charge in [-0.3, -0.25) is 4.99 Å². The molecule has 0 aromatic heterocycles. The second kappa shape index (κ2) is 6.24. The molecule has 0 fully saturated rings. The van der Waals surface area contributed by atoms with Gasteiger partial charge < -0.3 is 9.64 Å². The molecule has 0 bridgehead atoms. The lowest BCUT2D eigenvalue weighted by molar-refractivity contribution is 0.414. The average Bonchev–Trinajstić information content (AvgIpc) is 2.55. The normalized spacial score (nSPS) is 14.4. The molecule has 0 aliphatic carbocycles. The summed E-state index contributed by atoms with van der Waals surface area (Å²) in [6, 6.07) is 15.8. The van der Waals surface area contributed by atoms with E-state index in [0.29, 0.717) is 6.67 Å². The zero-order valence-corrected chi connectivity index (χ0v) is 13.3. The molecular weight excluding hydrogens is 296 g/mol. The van der Waals surface area contributed by atoms with Crippen LogP contribution in [0.15, 0.2) is 59.6 Å². The number of hydrogen-bond acceptors (Lipinski definition) is 3. The van der Waals surface area contributed by atoms with Crippen molar-refractivity contribution in [3.63, 3.8) is 0 Å². The zero-order chi connectivity index (χ0) is 15.5.